The predicted molar refractivity (Wildman–Crippen MR) is 93.1 cm³/mol. The molecule has 1 aromatic carbocycles. The van der Waals surface area contributed by atoms with Crippen LogP contribution < -0.4 is 0 Å². The Kier molecular flexibility index (Phi) is 4.09. The first-order valence-electron chi connectivity index (χ1n) is 8.17. The van der Waals surface area contributed by atoms with Crippen LogP contribution in [0.2, 0.25) is 5.02 Å². The number of ether oxygens (including phenoxy) is 1. The van der Waals surface area contributed by atoms with Crippen molar-refractivity contribution < 1.29 is 4.74 Å². The summed E-state index contributed by atoms with van der Waals surface area (Å²) in [6.45, 7) is 1.51. The molecule has 1 aliphatic heterocycles. The molecule has 0 N–H and O–H groups in total. The molecule has 1 aliphatic rings. The summed E-state index contributed by atoms with van der Waals surface area (Å²) in [6, 6.07) is 8.31. The van der Waals surface area contributed by atoms with Crippen LogP contribution in [0.25, 0.3) is 21.9 Å². The first-order valence-corrected chi connectivity index (χ1v) is 8.55. The highest BCUT2D eigenvalue weighted by atomic mass is 35.5. The van der Waals surface area contributed by atoms with Crippen molar-refractivity contribution in [1.29, 1.82) is 5.26 Å². The molecule has 4 rings (SSSR count). The van der Waals surface area contributed by atoms with Crippen LogP contribution >= 0.6 is 11.6 Å². The number of fused-ring (bicyclic) bond motifs is 3. The maximum Gasteiger partial charge on any atom is 0.111 e. The molecule has 122 valence electrons. The molecular weight excluding hydrogens is 324 g/mol. The quantitative estimate of drug-likeness (QED) is 0.721. The molecule has 1 saturated heterocycles. The predicted octanol–water partition coefficient (Wildman–Crippen LogP) is 4.05. The summed E-state index contributed by atoms with van der Waals surface area (Å²) in [6.07, 6.45) is 4.82. The van der Waals surface area contributed by atoms with Crippen LogP contribution in [0, 0.1) is 11.3 Å². The highest BCUT2D eigenvalue weighted by Gasteiger charge is 2.23. The fraction of sp³-hybridized carbons (Fsp3) is 0.389. The molecule has 0 radical (unpaired) electrons. The molecular formula is C18H17ClN4O. The molecule has 0 atom stereocenters. The first-order chi connectivity index (χ1) is 11.8. The molecule has 0 spiro atoms. The largest absolute Gasteiger partial charge is 0.381 e. The average molecular weight is 341 g/mol. The Morgan fingerprint density at radius 1 is 1.29 bits per heavy atom. The zero-order valence-electron chi connectivity index (χ0n) is 13.2. The highest BCUT2D eigenvalue weighted by Crippen LogP contribution is 2.33. The van der Waals surface area contributed by atoms with Crippen LogP contribution in [0.3, 0.4) is 0 Å². The molecule has 0 bridgehead atoms. The van der Waals surface area contributed by atoms with Crippen molar-refractivity contribution in [1.82, 2.24) is 14.5 Å². The lowest BCUT2D eigenvalue weighted by Crippen LogP contribution is -2.21. The second kappa shape index (κ2) is 6.39. The molecule has 3 heterocycles. The lowest BCUT2D eigenvalue weighted by molar-refractivity contribution is 0.0699. The van der Waals surface area contributed by atoms with Gasteiger partial charge in [0.1, 0.15) is 11.3 Å². The second-order valence-corrected chi connectivity index (χ2v) is 6.49. The van der Waals surface area contributed by atoms with Gasteiger partial charge in [0.15, 0.2) is 0 Å². The summed E-state index contributed by atoms with van der Waals surface area (Å²) in [4.78, 5) is 9.28. The Morgan fingerprint density at radius 3 is 2.92 bits per heavy atom. The number of nitrogens with zero attached hydrogens (tertiary/aromatic N) is 4. The van der Waals surface area contributed by atoms with Crippen molar-refractivity contribution in [3.63, 3.8) is 0 Å². The number of imidazole rings is 1. The summed E-state index contributed by atoms with van der Waals surface area (Å²) in [5, 5.41) is 10.7. The van der Waals surface area contributed by atoms with Crippen LogP contribution in [-0.2, 0) is 11.2 Å². The molecule has 0 aliphatic carbocycles. The lowest BCUT2D eigenvalue weighted by Gasteiger charge is -2.26. The van der Waals surface area contributed by atoms with E-state index in [1.807, 2.05) is 24.4 Å². The molecule has 3 aromatic rings. The van der Waals surface area contributed by atoms with Crippen molar-refractivity contribution in [2.24, 2.45) is 0 Å². The maximum atomic E-state index is 8.98. The van der Waals surface area contributed by atoms with E-state index in [0.29, 0.717) is 23.9 Å². The van der Waals surface area contributed by atoms with E-state index < -0.39 is 0 Å². The van der Waals surface area contributed by atoms with Gasteiger partial charge in [0.2, 0.25) is 0 Å². The number of halogens is 1. The molecule has 1 fully saturated rings. The standard InChI is InChI=1S/C18H17ClN4O/c19-12-3-4-15-14(10-12)18-16(11-21-15)22-17(2-1-7-20)23(18)13-5-8-24-9-6-13/h3-4,10-11,13H,1-2,5-6,8-9H2. The molecule has 0 unspecified atom stereocenters. The van der Waals surface area contributed by atoms with Gasteiger partial charge in [-0.05, 0) is 31.0 Å². The highest BCUT2D eigenvalue weighted by molar-refractivity contribution is 6.31. The Hall–Kier alpha value is -2.16. The SMILES string of the molecule is N#CCCc1nc2cnc3ccc(Cl)cc3c2n1C1CCOCC1. The normalized spacial score (nSPS) is 15.8. The summed E-state index contributed by atoms with van der Waals surface area (Å²) >= 11 is 6.23. The van der Waals surface area contributed by atoms with E-state index in [1.54, 1.807) is 0 Å². The monoisotopic (exact) mass is 340 g/mol. The van der Waals surface area contributed by atoms with Crippen LogP contribution in [0.15, 0.2) is 24.4 Å². The van der Waals surface area contributed by atoms with Gasteiger partial charge in [-0.15, -0.1) is 0 Å². The zero-order valence-corrected chi connectivity index (χ0v) is 14.0. The van der Waals surface area contributed by atoms with E-state index in [0.717, 1.165) is 53.8 Å². The summed E-state index contributed by atoms with van der Waals surface area (Å²) in [7, 11) is 0. The molecule has 5 nitrogen and oxygen atoms in total. The Balaban J connectivity index is 1.99. The summed E-state index contributed by atoms with van der Waals surface area (Å²) < 4.78 is 7.82. The van der Waals surface area contributed by atoms with E-state index in [9.17, 15) is 0 Å². The number of benzene rings is 1. The Bertz CT molecular complexity index is 937. The summed E-state index contributed by atoms with van der Waals surface area (Å²) in [5.41, 5.74) is 2.85. The summed E-state index contributed by atoms with van der Waals surface area (Å²) in [5.74, 6) is 0.952. The van der Waals surface area contributed by atoms with Crippen molar-refractivity contribution in [2.75, 3.05) is 13.2 Å². The molecule has 6 heteroatoms. The molecule has 2 aromatic heterocycles. The number of hydrogen-bond donors (Lipinski definition) is 0. The minimum atomic E-state index is 0.335. The molecule has 24 heavy (non-hydrogen) atoms. The third-order valence-electron chi connectivity index (χ3n) is 4.57. The molecule has 0 amide bonds. The van der Waals surface area contributed by atoms with Gasteiger partial charge >= 0.3 is 0 Å². The number of hydrogen-bond acceptors (Lipinski definition) is 4. The average Bonchev–Trinajstić information content (AvgIpc) is 2.99. The van der Waals surface area contributed by atoms with Crippen LogP contribution in [0.1, 0.15) is 31.1 Å². The number of rotatable bonds is 3. The zero-order chi connectivity index (χ0) is 16.5. The Morgan fingerprint density at radius 2 is 2.12 bits per heavy atom. The van der Waals surface area contributed by atoms with Gasteiger partial charge in [0, 0.05) is 42.5 Å². The first kappa shape index (κ1) is 15.4. The van der Waals surface area contributed by atoms with Gasteiger partial charge in [0.25, 0.3) is 0 Å². The van der Waals surface area contributed by atoms with Crippen LogP contribution in [-0.4, -0.2) is 27.7 Å². The van der Waals surface area contributed by atoms with Crippen molar-refractivity contribution >= 4 is 33.5 Å². The maximum absolute atomic E-state index is 8.98. The van der Waals surface area contributed by atoms with Crippen molar-refractivity contribution in [2.45, 2.75) is 31.7 Å². The fourth-order valence-electron chi connectivity index (χ4n) is 3.48. The fourth-order valence-corrected chi connectivity index (χ4v) is 3.65. The van der Waals surface area contributed by atoms with Crippen molar-refractivity contribution in [3.8, 4) is 6.07 Å². The van der Waals surface area contributed by atoms with E-state index in [-0.39, 0.29) is 0 Å². The van der Waals surface area contributed by atoms with Gasteiger partial charge in [-0.3, -0.25) is 4.98 Å². The van der Waals surface area contributed by atoms with Gasteiger partial charge in [-0.25, -0.2) is 4.98 Å². The minimum Gasteiger partial charge on any atom is -0.381 e. The van der Waals surface area contributed by atoms with E-state index in [1.165, 1.54) is 0 Å². The smallest absolute Gasteiger partial charge is 0.111 e. The van der Waals surface area contributed by atoms with E-state index >= 15 is 0 Å². The Labute approximate surface area is 144 Å². The third-order valence-corrected chi connectivity index (χ3v) is 4.80. The number of aromatic nitrogens is 3. The number of nitriles is 1. The van der Waals surface area contributed by atoms with Gasteiger partial charge in [-0.1, -0.05) is 11.6 Å². The van der Waals surface area contributed by atoms with Crippen LogP contribution in [0.5, 0.6) is 0 Å². The topological polar surface area (TPSA) is 63.7 Å². The van der Waals surface area contributed by atoms with Crippen LogP contribution in [0.4, 0.5) is 0 Å². The minimum absolute atomic E-state index is 0.335. The second-order valence-electron chi connectivity index (χ2n) is 6.05. The molecule has 0 saturated carbocycles. The van der Waals surface area contributed by atoms with Crippen molar-refractivity contribution in [3.05, 3.63) is 35.2 Å². The van der Waals surface area contributed by atoms with Gasteiger partial charge in [-0.2, -0.15) is 5.26 Å². The van der Waals surface area contributed by atoms with Gasteiger partial charge < -0.3 is 9.30 Å². The van der Waals surface area contributed by atoms with E-state index in [2.05, 4.69) is 15.6 Å². The van der Waals surface area contributed by atoms with E-state index in [4.69, 9.17) is 26.6 Å². The third kappa shape index (κ3) is 2.62. The number of pyridine rings is 1. The lowest BCUT2D eigenvalue weighted by atomic mass is 10.1. The van der Waals surface area contributed by atoms with Gasteiger partial charge in [0.05, 0.1) is 23.3 Å². The number of aryl methyl sites for hydroxylation is 1.